The first-order valence-corrected chi connectivity index (χ1v) is 7.16. The zero-order valence-corrected chi connectivity index (χ0v) is 12.9. The Morgan fingerprint density at radius 3 is 2.55 bits per heavy atom. The van der Waals surface area contributed by atoms with Crippen molar-refractivity contribution in [2.45, 2.75) is 52.2 Å². The predicted molar refractivity (Wildman–Crippen MR) is 75.7 cm³/mol. The van der Waals surface area contributed by atoms with Gasteiger partial charge in [0.15, 0.2) is 0 Å². The van der Waals surface area contributed by atoms with E-state index in [0.717, 1.165) is 12.8 Å². The van der Waals surface area contributed by atoms with Gasteiger partial charge in [0.25, 0.3) is 0 Å². The molecule has 0 aromatic rings. The Bertz CT molecular complexity index is 352. The van der Waals surface area contributed by atoms with Crippen molar-refractivity contribution >= 4 is 12.1 Å². The molecule has 1 rings (SSSR count). The van der Waals surface area contributed by atoms with Crippen molar-refractivity contribution in [2.24, 2.45) is 0 Å². The molecule has 1 fully saturated rings. The third kappa shape index (κ3) is 5.36. The topological polar surface area (TPSA) is 70.1 Å². The van der Waals surface area contributed by atoms with Crippen molar-refractivity contribution in [3.05, 3.63) is 0 Å². The number of hydrogen-bond acceptors (Lipinski definition) is 4. The molecule has 6 heteroatoms. The fraction of sp³-hybridized carbons (Fsp3) is 0.857. The Morgan fingerprint density at radius 1 is 1.40 bits per heavy atom. The highest BCUT2D eigenvalue weighted by atomic mass is 16.6. The molecule has 0 spiro atoms. The smallest absolute Gasteiger partial charge is 0.410 e. The SMILES string of the molecule is CCN(CC(=O)O)[C@@H]1CCCN(C(=O)OC(C)(C)C)C1. The largest absolute Gasteiger partial charge is 0.480 e. The summed E-state index contributed by atoms with van der Waals surface area (Å²) in [7, 11) is 0. The van der Waals surface area contributed by atoms with Crippen molar-refractivity contribution in [1.82, 2.24) is 9.80 Å². The van der Waals surface area contributed by atoms with E-state index in [1.807, 2.05) is 32.6 Å². The summed E-state index contributed by atoms with van der Waals surface area (Å²) < 4.78 is 5.37. The average molecular weight is 286 g/mol. The molecule has 0 aromatic carbocycles. The number of aliphatic carboxylic acids is 1. The van der Waals surface area contributed by atoms with Crippen LogP contribution in [0.25, 0.3) is 0 Å². The molecular formula is C14H26N2O4. The second-order valence-corrected chi connectivity index (χ2v) is 6.18. The van der Waals surface area contributed by atoms with Gasteiger partial charge in [-0.05, 0) is 40.2 Å². The number of carbonyl (C=O) groups excluding carboxylic acids is 1. The second-order valence-electron chi connectivity index (χ2n) is 6.18. The number of likely N-dealkylation sites (tertiary alicyclic amines) is 1. The van der Waals surface area contributed by atoms with Gasteiger partial charge >= 0.3 is 12.1 Å². The molecule has 0 saturated carbocycles. The molecule has 116 valence electrons. The third-order valence-corrected chi connectivity index (χ3v) is 3.31. The molecule has 1 amide bonds. The van der Waals surface area contributed by atoms with Crippen molar-refractivity contribution < 1.29 is 19.4 Å². The van der Waals surface area contributed by atoms with E-state index in [0.29, 0.717) is 19.6 Å². The van der Waals surface area contributed by atoms with Crippen LogP contribution < -0.4 is 0 Å². The lowest BCUT2D eigenvalue weighted by atomic mass is 10.0. The van der Waals surface area contributed by atoms with Crippen molar-refractivity contribution in [3.8, 4) is 0 Å². The van der Waals surface area contributed by atoms with Gasteiger partial charge in [0.2, 0.25) is 0 Å². The maximum absolute atomic E-state index is 12.1. The summed E-state index contributed by atoms with van der Waals surface area (Å²) in [5, 5.41) is 8.93. The number of carboxylic acid groups (broad SMARTS) is 1. The standard InChI is InChI=1S/C14H26N2O4/c1-5-15(10-12(17)18)11-7-6-8-16(9-11)13(19)20-14(2,3)4/h11H,5-10H2,1-4H3,(H,17,18)/t11-/m1/s1. The molecule has 1 saturated heterocycles. The van der Waals surface area contributed by atoms with Crippen LogP contribution in [0.2, 0.25) is 0 Å². The fourth-order valence-corrected chi connectivity index (χ4v) is 2.42. The molecule has 20 heavy (non-hydrogen) atoms. The van der Waals surface area contributed by atoms with Gasteiger partial charge in [-0.1, -0.05) is 6.92 Å². The molecular weight excluding hydrogens is 260 g/mol. The van der Waals surface area contributed by atoms with E-state index in [2.05, 4.69) is 0 Å². The van der Waals surface area contributed by atoms with E-state index in [-0.39, 0.29) is 18.7 Å². The van der Waals surface area contributed by atoms with Crippen LogP contribution in [0.5, 0.6) is 0 Å². The fourth-order valence-electron chi connectivity index (χ4n) is 2.42. The summed E-state index contributed by atoms with van der Waals surface area (Å²) in [4.78, 5) is 26.5. The first-order valence-electron chi connectivity index (χ1n) is 7.16. The Hall–Kier alpha value is -1.30. The number of piperidine rings is 1. The van der Waals surface area contributed by atoms with E-state index in [1.165, 1.54) is 0 Å². The lowest BCUT2D eigenvalue weighted by Crippen LogP contribution is -2.51. The second kappa shape index (κ2) is 6.92. The summed E-state index contributed by atoms with van der Waals surface area (Å²) >= 11 is 0. The molecule has 1 heterocycles. The van der Waals surface area contributed by atoms with Crippen molar-refractivity contribution in [3.63, 3.8) is 0 Å². The Balaban J connectivity index is 2.61. The molecule has 6 nitrogen and oxygen atoms in total. The van der Waals surface area contributed by atoms with Crippen molar-refractivity contribution in [1.29, 1.82) is 0 Å². The highest BCUT2D eigenvalue weighted by molar-refractivity contribution is 5.69. The summed E-state index contributed by atoms with van der Waals surface area (Å²) in [6, 6.07) is 0.0948. The minimum absolute atomic E-state index is 0.0172. The average Bonchev–Trinajstić information content (AvgIpc) is 2.34. The van der Waals surface area contributed by atoms with Gasteiger partial charge in [0.05, 0.1) is 6.54 Å². The van der Waals surface area contributed by atoms with Gasteiger partial charge in [-0.25, -0.2) is 4.79 Å². The summed E-state index contributed by atoms with van der Waals surface area (Å²) in [6.45, 7) is 9.36. The highest BCUT2D eigenvalue weighted by Gasteiger charge is 2.30. The molecule has 0 unspecified atom stereocenters. The van der Waals surface area contributed by atoms with E-state index in [1.54, 1.807) is 4.90 Å². The molecule has 0 aromatic heterocycles. The van der Waals surface area contributed by atoms with Crippen LogP contribution in [-0.4, -0.2) is 64.8 Å². The van der Waals surface area contributed by atoms with E-state index in [4.69, 9.17) is 9.84 Å². The van der Waals surface area contributed by atoms with Crippen LogP contribution in [0.4, 0.5) is 4.79 Å². The number of ether oxygens (including phenoxy) is 1. The molecule has 1 aliphatic rings. The van der Waals surface area contributed by atoms with Gasteiger partial charge in [0.1, 0.15) is 5.60 Å². The van der Waals surface area contributed by atoms with Crippen LogP contribution in [0.3, 0.4) is 0 Å². The lowest BCUT2D eigenvalue weighted by molar-refractivity contribution is -0.139. The predicted octanol–water partition coefficient (Wildman–Crippen LogP) is 1.79. The minimum atomic E-state index is -0.832. The van der Waals surface area contributed by atoms with Crippen LogP contribution in [0, 0.1) is 0 Å². The van der Waals surface area contributed by atoms with Crippen LogP contribution in [0.1, 0.15) is 40.5 Å². The zero-order valence-electron chi connectivity index (χ0n) is 12.9. The Kier molecular flexibility index (Phi) is 5.80. The lowest BCUT2D eigenvalue weighted by Gasteiger charge is -2.38. The number of carbonyl (C=O) groups is 2. The number of rotatable bonds is 4. The summed E-state index contributed by atoms with van der Waals surface area (Å²) in [5.74, 6) is -0.832. The highest BCUT2D eigenvalue weighted by Crippen LogP contribution is 2.18. The Labute approximate surface area is 120 Å². The van der Waals surface area contributed by atoms with Gasteiger partial charge < -0.3 is 14.7 Å². The maximum Gasteiger partial charge on any atom is 0.410 e. The minimum Gasteiger partial charge on any atom is -0.480 e. The van der Waals surface area contributed by atoms with E-state index < -0.39 is 11.6 Å². The molecule has 1 atom stereocenters. The molecule has 1 aliphatic heterocycles. The van der Waals surface area contributed by atoms with Crippen LogP contribution >= 0.6 is 0 Å². The van der Waals surface area contributed by atoms with Gasteiger partial charge in [-0.2, -0.15) is 0 Å². The van der Waals surface area contributed by atoms with E-state index >= 15 is 0 Å². The summed E-state index contributed by atoms with van der Waals surface area (Å²) in [5.41, 5.74) is -0.504. The third-order valence-electron chi connectivity index (χ3n) is 3.31. The monoisotopic (exact) mass is 286 g/mol. The normalized spacial score (nSPS) is 20.1. The number of likely N-dealkylation sites (N-methyl/N-ethyl adjacent to an activating group) is 1. The zero-order chi connectivity index (χ0) is 15.3. The number of hydrogen-bond donors (Lipinski definition) is 1. The molecule has 1 N–H and O–H groups in total. The first-order chi connectivity index (χ1) is 9.23. The van der Waals surface area contributed by atoms with Crippen molar-refractivity contribution in [2.75, 3.05) is 26.2 Å². The molecule has 0 aliphatic carbocycles. The molecule has 0 bridgehead atoms. The first kappa shape index (κ1) is 16.8. The Morgan fingerprint density at radius 2 is 2.05 bits per heavy atom. The number of amides is 1. The quantitative estimate of drug-likeness (QED) is 0.853. The number of nitrogens with zero attached hydrogens (tertiary/aromatic N) is 2. The van der Waals surface area contributed by atoms with Crippen LogP contribution in [0.15, 0.2) is 0 Å². The van der Waals surface area contributed by atoms with Gasteiger partial charge in [-0.3, -0.25) is 9.69 Å². The summed E-state index contributed by atoms with van der Waals surface area (Å²) in [6.07, 6.45) is 1.48. The molecule has 0 radical (unpaired) electrons. The van der Waals surface area contributed by atoms with Gasteiger partial charge in [-0.15, -0.1) is 0 Å². The maximum atomic E-state index is 12.1. The van der Waals surface area contributed by atoms with Crippen LogP contribution in [-0.2, 0) is 9.53 Å². The number of carboxylic acids is 1. The van der Waals surface area contributed by atoms with Gasteiger partial charge in [0, 0.05) is 19.1 Å². The van der Waals surface area contributed by atoms with E-state index in [9.17, 15) is 9.59 Å².